The van der Waals surface area contributed by atoms with E-state index in [1.807, 2.05) is 134 Å². The Balaban J connectivity index is 1.53. The van der Waals surface area contributed by atoms with Crippen molar-refractivity contribution in [2.24, 2.45) is 0 Å². The molecule has 310 valence electrons. The second-order valence-electron chi connectivity index (χ2n) is 14.4. The molecule has 0 fully saturated rings. The molecule has 3 atom stereocenters. The quantitative estimate of drug-likeness (QED) is 0.0432. The van der Waals surface area contributed by atoms with E-state index in [-0.39, 0.29) is 32.0 Å². The zero-order valence-corrected chi connectivity index (χ0v) is 34.4. The number of carboxylic acid groups (broad SMARTS) is 1. The number of ether oxygens (including phenoxy) is 3. The highest BCUT2D eigenvalue weighted by atomic mass is 16.5. The number of nitrogens with zero attached hydrogens (tertiary/aromatic N) is 1. The van der Waals surface area contributed by atoms with E-state index in [4.69, 9.17) is 14.2 Å². The third-order valence-electron chi connectivity index (χ3n) is 10.3. The maximum absolute atomic E-state index is 14.2. The molecule has 0 aromatic heterocycles. The van der Waals surface area contributed by atoms with Gasteiger partial charge in [-0.25, -0.2) is 4.79 Å². The molecular weight excluding hydrogens is 745 g/mol. The van der Waals surface area contributed by atoms with Crippen LogP contribution >= 0.6 is 0 Å². The lowest BCUT2D eigenvalue weighted by Crippen LogP contribution is -2.51. The molecule has 1 unspecified atom stereocenters. The highest BCUT2D eigenvalue weighted by molar-refractivity contribution is 5.88. The van der Waals surface area contributed by atoms with Gasteiger partial charge in [0, 0.05) is 19.9 Å². The third-order valence-corrected chi connectivity index (χ3v) is 10.3. The number of carbonyl (C=O) groups is 3. The molecule has 0 radical (unpaired) electrons. The van der Waals surface area contributed by atoms with E-state index in [1.165, 1.54) is 4.90 Å². The largest absolute Gasteiger partial charge is 0.489 e. The minimum atomic E-state index is -0.989. The normalized spacial score (nSPS) is 12.5. The van der Waals surface area contributed by atoms with Crippen molar-refractivity contribution in [3.8, 4) is 22.6 Å². The van der Waals surface area contributed by atoms with E-state index >= 15 is 0 Å². The fraction of sp³-hybridized carbons (Fsp3) is 0.312. The van der Waals surface area contributed by atoms with Gasteiger partial charge in [0.25, 0.3) is 0 Å². The molecule has 0 spiro atoms. The number of nitrogens with one attached hydrogen (secondary N) is 3. The predicted molar refractivity (Wildman–Crippen MR) is 230 cm³/mol. The van der Waals surface area contributed by atoms with Crippen molar-refractivity contribution >= 4 is 17.8 Å². The maximum Gasteiger partial charge on any atom is 0.329 e. The van der Waals surface area contributed by atoms with E-state index in [1.54, 1.807) is 21.1 Å². The number of aliphatic carboxylic acids is 1. The molecule has 0 aliphatic carbocycles. The van der Waals surface area contributed by atoms with Gasteiger partial charge < -0.3 is 40.2 Å². The molecule has 0 bridgehead atoms. The fourth-order valence-electron chi connectivity index (χ4n) is 6.81. The fourth-order valence-corrected chi connectivity index (χ4v) is 6.81. The zero-order valence-electron chi connectivity index (χ0n) is 34.4. The number of amides is 1. The second kappa shape index (κ2) is 22.8. The lowest BCUT2D eigenvalue weighted by molar-refractivity contribution is -0.156. The van der Waals surface area contributed by atoms with Gasteiger partial charge in [0.15, 0.2) is 0 Å². The van der Waals surface area contributed by atoms with Crippen molar-refractivity contribution in [1.29, 1.82) is 0 Å². The van der Waals surface area contributed by atoms with Gasteiger partial charge in [-0.05, 0) is 104 Å². The van der Waals surface area contributed by atoms with Crippen LogP contribution in [0.15, 0.2) is 127 Å². The highest BCUT2D eigenvalue weighted by Crippen LogP contribution is 2.33. The van der Waals surface area contributed by atoms with Gasteiger partial charge >= 0.3 is 11.9 Å². The molecule has 1 amide bonds. The molecule has 0 saturated carbocycles. The van der Waals surface area contributed by atoms with Gasteiger partial charge in [-0.1, -0.05) is 103 Å². The lowest BCUT2D eigenvalue weighted by Gasteiger charge is -2.30. The summed E-state index contributed by atoms with van der Waals surface area (Å²) in [5, 5.41) is 19.1. The van der Waals surface area contributed by atoms with Crippen LogP contribution in [0, 0.1) is 0 Å². The Morgan fingerprint density at radius 2 is 1.10 bits per heavy atom. The topological polar surface area (TPSA) is 138 Å². The SMILES string of the molecule is CNCCCC(NC)C(=O)N(C)[C@@H](Cc1cc(-c2ccc(OCc3ccccc3)c(C[C@H](NC)C(=O)O)c2)ccc1OCc1ccccc1)C(=O)OCc1ccccc1. The van der Waals surface area contributed by atoms with Crippen molar-refractivity contribution in [1.82, 2.24) is 20.9 Å². The maximum atomic E-state index is 14.2. The van der Waals surface area contributed by atoms with E-state index in [2.05, 4.69) is 16.0 Å². The summed E-state index contributed by atoms with van der Waals surface area (Å²) in [6.07, 6.45) is 1.63. The summed E-state index contributed by atoms with van der Waals surface area (Å²) < 4.78 is 18.6. The smallest absolute Gasteiger partial charge is 0.329 e. The summed E-state index contributed by atoms with van der Waals surface area (Å²) in [6.45, 7) is 1.41. The summed E-state index contributed by atoms with van der Waals surface area (Å²) in [5.74, 6) is -0.593. The number of rotatable bonds is 23. The third kappa shape index (κ3) is 13.0. The first-order valence-electron chi connectivity index (χ1n) is 20.0. The van der Waals surface area contributed by atoms with Crippen LogP contribution in [0.4, 0.5) is 0 Å². The number of esters is 1. The molecule has 5 rings (SSSR count). The van der Waals surface area contributed by atoms with Gasteiger partial charge in [0.1, 0.15) is 43.4 Å². The van der Waals surface area contributed by atoms with Crippen LogP contribution in [0.3, 0.4) is 0 Å². The summed E-state index contributed by atoms with van der Waals surface area (Å²) in [7, 11) is 6.89. The molecular formula is C48H56N4O7. The molecule has 0 saturated heterocycles. The van der Waals surface area contributed by atoms with Gasteiger partial charge in [-0.3, -0.25) is 9.59 Å². The van der Waals surface area contributed by atoms with Crippen molar-refractivity contribution in [3.05, 3.63) is 155 Å². The summed E-state index contributed by atoms with van der Waals surface area (Å²) >= 11 is 0. The van der Waals surface area contributed by atoms with E-state index in [9.17, 15) is 19.5 Å². The average Bonchev–Trinajstić information content (AvgIpc) is 3.27. The van der Waals surface area contributed by atoms with Gasteiger partial charge in [0.05, 0.1) is 6.04 Å². The number of carboxylic acids is 1. The molecule has 4 N–H and O–H groups in total. The van der Waals surface area contributed by atoms with Gasteiger partial charge in [-0.2, -0.15) is 0 Å². The van der Waals surface area contributed by atoms with E-state index < -0.39 is 30.1 Å². The summed E-state index contributed by atoms with van der Waals surface area (Å²) in [6, 6.07) is 38.2. The number of likely N-dealkylation sites (N-methyl/N-ethyl adjacent to an activating group) is 3. The summed E-state index contributed by atoms with van der Waals surface area (Å²) in [4.78, 5) is 41.9. The van der Waals surface area contributed by atoms with Crippen LogP contribution in [-0.4, -0.2) is 80.7 Å². The molecule has 0 heterocycles. The Kier molecular flexibility index (Phi) is 17.0. The average molecular weight is 801 g/mol. The van der Waals surface area contributed by atoms with Crippen molar-refractivity contribution in [2.45, 2.75) is 63.6 Å². The Morgan fingerprint density at radius 1 is 0.627 bits per heavy atom. The minimum absolute atomic E-state index is 0.0542. The van der Waals surface area contributed by atoms with Crippen LogP contribution in [0.25, 0.3) is 11.1 Å². The Morgan fingerprint density at radius 3 is 1.56 bits per heavy atom. The van der Waals surface area contributed by atoms with E-state index in [0.29, 0.717) is 30.1 Å². The zero-order chi connectivity index (χ0) is 42.0. The number of benzene rings is 5. The molecule has 59 heavy (non-hydrogen) atoms. The Hall–Kier alpha value is -6.01. The second-order valence-corrected chi connectivity index (χ2v) is 14.4. The van der Waals surface area contributed by atoms with Crippen LogP contribution in [0.5, 0.6) is 11.5 Å². The Bertz CT molecular complexity index is 2080. The molecule has 0 aliphatic heterocycles. The monoisotopic (exact) mass is 800 g/mol. The lowest BCUT2D eigenvalue weighted by atomic mass is 9.95. The number of hydrogen-bond donors (Lipinski definition) is 4. The highest BCUT2D eigenvalue weighted by Gasteiger charge is 2.33. The minimum Gasteiger partial charge on any atom is -0.489 e. The van der Waals surface area contributed by atoms with Crippen LogP contribution < -0.4 is 25.4 Å². The van der Waals surface area contributed by atoms with Crippen molar-refractivity contribution < 1.29 is 33.7 Å². The van der Waals surface area contributed by atoms with Crippen LogP contribution in [0.1, 0.15) is 40.7 Å². The van der Waals surface area contributed by atoms with Gasteiger partial charge in [-0.15, -0.1) is 0 Å². The number of carbonyl (C=O) groups excluding carboxylic acids is 2. The van der Waals surface area contributed by atoms with Crippen LogP contribution in [0.2, 0.25) is 0 Å². The first-order chi connectivity index (χ1) is 28.7. The molecule has 5 aromatic carbocycles. The van der Waals surface area contributed by atoms with Crippen LogP contribution in [-0.2, 0) is 51.8 Å². The standard InChI is InChI=1S/C48H56N4O7/c1-49-26-14-21-41(50-2)46(53)52(4)43(48(56)59-33-36-19-12-7-13-20-36)30-40-28-38(23-25-45(40)58-32-35-17-10-6-11-18-35)37-22-24-44(57-31-34-15-8-5-9-16-34)39(27-37)29-42(51-3)47(54)55/h5-13,15-20,22-25,27-28,41-43,49-51H,14,21,26,29-33H2,1-4H3,(H,54,55)/t41?,42-,43-/m0/s1. The molecule has 5 aromatic rings. The first-order valence-corrected chi connectivity index (χ1v) is 20.0. The van der Waals surface area contributed by atoms with E-state index in [0.717, 1.165) is 46.3 Å². The predicted octanol–water partition coefficient (Wildman–Crippen LogP) is 6.43. The summed E-state index contributed by atoms with van der Waals surface area (Å²) in [5.41, 5.74) is 5.83. The van der Waals surface area contributed by atoms with Crippen molar-refractivity contribution in [3.63, 3.8) is 0 Å². The first kappa shape index (κ1) is 44.1. The van der Waals surface area contributed by atoms with Gasteiger partial charge in [0.2, 0.25) is 5.91 Å². The van der Waals surface area contributed by atoms with Crippen molar-refractivity contribution in [2.75, 3.05) is 34.7 Å². The molecule has 11 heteroatoms. The number of hydrogen-bond acceptors (Lipinski definition) is 9. The molecule has 11 nitrogen and oxygen atoms in total. The molecule has 0 aliphatic rings. The Labute approximate surface area is 347 Å².